The van der Waals surface area contributed by atoms with Crippen molar-refractivity contribution >= 4 is 29.1 Å². The smallest absolute Gasteiger partial charge is 0.339 e. The average molecular weight is 364 g/mol. The van der Waals surface area contributed by atoms with Gasteiger partial charge >= 0.3 is 5.97 Å². The first-order chi connectivity index (χ1) is 12.0. The molecule has 1 unspecified atom stereocenters. The fourth-order valence-electron chi connectivity index (χ4n) is 3.42. The quantitative estimate of drug-likeness (QED) is 0.766. The van der Waals surface area contributed by atoms with Crippen molar-refractivity contribution in [1.29, 1.82) is 0 Å². The zero-order valence-corrected chi connectivity index (χ0v) is 15.6. The van der Waals surface area contributed by atoms with Crippen LogP contribution in [0.2, 0.25) is 0 Å². The van der Waals surface area contributed by atoms with Gasteiger partial charge in [-0.3, -0.25) is 9.59 Å². The number of carbonyl (C=O) groups excluding carboxylic acids is 3. The summed E-state index contributed by atoms with van der Waals surface area (Å²) < 4.78 is 5.26. The van der Waals surface area contributed by atoms with Crippen LogP contribution in [-0.2, 0) is 27.2 Å². The Labute approximate surface area is 151 Å². The van der Waals surface area contributed by atoms with E-state index in [2.05, 4.69) is 6.92 Å². The van der Waals surface area contributed by atoms with Crippen molar-refractivity contribution in [1.82, 2.24) is 9.80 Å². The maximum Gasteiger partial charge on any atom is 0.339 e. The molecule has 1 aromatic heterocycles. The summed E-state index contributed by atoms with van der Waals surface area (Å²) in [4.78, 5) is 40.5. The van der Waals surface area contributed by atoms with E-state index in [9.17, 15) is 14.4 Å². The highest BCUT2D eigenvalue weighted by Crippen LogP contribution is 2.33. The Bertz CT molecular complexity index is 677. The number of carbonyl (C=O) groups is 3. The Balaban J connectivity index is 1.51. The van der Waals surface area contributed by atoms with Gasteiger partial charge in [0.2, 0.25) is 5.91 Å². The largest absolute Gasteiger partial charge is 0.452 e. The molecule has 2 amide bonds. The van der Waals surface area contributed by atoms with E-state index in [1.807, 2.05) is 5.38 Å². The van der Waals surface area contributed by atoms with Crippen molar-refractivity contribution in [3.8, 4) is 0 Å². The number of fused-ring (bicyclic) bond motifs is 1. The minimum atomic E-state index is -0.400. The van der Waals surface area contributed by atoms with Crippen LogP contribution >= 0.6 is 11.3 Å². The van der Waals surface area contributed by atoms with Gasteiger partial charge in [-0.2, -0.15) is 0 Å². The molecule has 0 aromatic carbocycles. The van der Waals surface area contributed by atoms with E-state index in [0.717, 1.165) is 24.8 Å². The summed E-state index contributed by atoms with van der Waals surface area (Å²) in [5.74, 6) is 0.0809. The van der Waals surface area contributed by atoms with Gasteiger partial charge in [0, 0.05) is 43.4 Å². The molecule has 2 aliphatic rings. The average Bonchev–Trinajstić information content (AvgIpc) is 3.02. The lowest BCUT2D eigenvalue weighted by Gasteiger charge is -2.34. The highest BCUT2D eigenvalue weighted by atomic mass is 32.1. The van der Waals surface area contributed by atoms with Gasteiger partial charge in [0.15, 0.2) is 6.61 Å². The van der Waals surface area contributed by atoms with E-state index in [4.69, 9.17) is 4.74 Å². The third kappa shape index (κ3) is 4.03. The predicted octanol–water partition coefficient (Wildman–Crippen LogP) is 1.72. The van der Waals surface area contributed by atoms with Crippen LogP contribution in [0.15, 0.2) is 5.38 Å². The molecule has 1 fully saturated rings. The number of hydrogen-bond donors (Lipinski definition) is 0. The van der Waals surface area contributed by atoms with Crippen molar-refractivity contribution in [2.75, 3.05) is 32.8 Å². The van der Waals surface area contributed by atoms with Crippen molar-refractivity contribution < 1.29 is 19.1 Å². The molecule has 1 atom stereocenters. The lowest BCUT2D eigenvalue weighted by molar-refractivity contribution is -0.140. The molecule has 3 rings (SSSR count). The van der Waals surface area contributed by atoms with Crippen molar-refractivity contribution in [3.63, 3.8) is 0 Å². The molecule has 0 bridgehead atoms. The van der Waals surface area contributed by atoms with Gasteiger partial charge in [-0.15, -0.1) is 11.3 Å². The summed E-state index contributed by atoms with van der Waals surface area (Å²) in [6.07, 6.45) is 3.02. The first kappa shape index (κ1) is 17.9. The third-order valence-electron chi connectivity index (χ3n) is 5.03. The first-order valence-electron chi connectivity index (χ1n) is 8.75. The van der Waals surface area contributed by atoms with Gasteiger partial charge in [-0.1, -0.05) is 6.92 Å². The number of hydrogen-bond acceptors (Lipinski definition) is 5. The highest BCUT2D eigenvalue weighted by Gasteiger charge is 2.26. The molecule has 0 radical (unpaired) electrons. The Hall–Kier alpha value is -1.89. The molecule has 2 heterocycles. The maximum absolute atomic E-state index is 12.3. The van der Waals surface area contributed by atoms with Crippen molar-refractivity contribution in [3.05, 3.63) is 21.4 Å². The van der Waals surface area contributed by atoms with E-state index in [1.165, 1.54) is 11.8 Å². The van der Waals surface area contributed by atoms with Gasteiger partial charge in [0.25, 0.3) is 5.91 Å². The number of piperazine rings is 1. The molecule has 1 aliphatic heterocycles. The molecule has 25 heavy (non-hydrogen) atoms. The second kappa shape index (κ2) is 7.56. The van der Waals surface area contributed by atoms with E-state index in [1.54, 1.807) is 21.1 Å². The zero-order chi connectivity index (χ0) is 18.0. The van der Waals surface area contributed by atoms with E-state index < -0.39 is 5.97 Å². The maximum atomic E-state index is 12.3. The van der Waals surface area contributed by atoms with Crippen LogP contribution in [0.1, 0.15) is 41.1 Å². The third-order valence-corrected chi connectivity index (χ3v) is 6.08. The number of thiophene rings is 1. The van der Waals surface area contributed by atoms with E-state index in [0.29, 0.717) is 37.7 Å². The highest BCUT2D eigenvalue weighted by molar-refractivity contribution is 7.10. The van der Waals surface area contributed by atoms with Gasteiger partial charge < -0.3 is 14.5 Å². The lowest BCUT2D eigenvalue weighted by Crippen LogP contribution is -2.51. The van der Waals surface area contributed by atoms with Crippen LogP contribution in [-0.4, -0.2) is 60.4 Å². The summed E-state index contributed by atoms with van der Waals surface area (Å²) in [7, 11) is 0. The normalized spacial score (nSPS) is 20.2. The number of ether oxygens (including phenoxy) is 1. The predicted molar refractivity (Wildman–Crippen MR) is 94.6 cm³/mol. The van der Waals surface area contributed by atoms with Gasteiger partial charge in [-0.25, -0.2) is 4.79 Å². The van der Waals surface area contributed by atoms with Gasteiger partial charge in [-0.05, 0) is 30.7 Å². The number of amides is 2. The number of nitrogens with zero attached hydrogens (tertiary/aromatic N) is 2. The molecule has 1 saturated heterocycles. The van der Waals surface area contributed by atoms with E-state index >= 15 is 0 Å². The monoisotopic (exact) mass is 364 g/mol. The Morgan fingerprint density at radius 2 is 1.88 bits per heavy atom. The SMILES string of the molecule is CC(=O)N1CCN(C(=O)COC(=O)c2csc3c2CCC(C)C3)CC1. The molecule has 6 nitrogen and oxygen atoms in total. The molecule has 0 saturated carbocycles. The molecule has 1 aliphatic carbocycles. The Kier molecular flexibility index (Phi) is 5.42. The second-order valence-corrected chi connectivity index (χ2v) is 7.83. The minimum Gasteiger partial charge on any atom is -0.452 e. The summed E-state index contributed by atoms with van der Waals surface area (Å²) in [6.45, 7) is 5.56. The first-order valence-corrected chi connectivity index (χ1v) is 9.63. The van der Waals surface area contributed by atoms with Crippen LogP contribution in [0.3, 0.4) is 0 Å². The molecule has 0 N–H and O–H groups in total. The molecule has 1 aromatic rings. The second-order valence-electron chi connectivity index (χ2n) is 6.86. The summed E-state index contributed by atoms with van der Waals surface area (Å²) in [6, 6.07) is 0. The lowest BCUT2D eigenvalue weighted by atomic mass is 9.88. The van der Waals surface area contributed by atoms with Crippen LogP contribution in [0.5, 0.6) is 0 Å². The molecular weight excluding hydrogens is 340 g/mol. The van der Waals surface area contributed by atoms with Gasteiger partial charge in [0.1, 0.15) is 0 Å². The molecule has 0 spiro atoms. The van der Waals surface area contributed by atoms with Gasteiger partial charge in [0.05, 0.1) is 5.56 Å². The fourth-order valence-corrected chi connectivity index (χ4v) is 4.65. The number of rotatable bonds is 3. The Morgan fingerprint density at radius 1 is 1.20 bits per heavy atom. The fraction of sp³-hybridized carbons (Fsp3) is 0.611. The van der Waals surface area contributed by atoms with Crippen molar-refractivity contribution in [2.24, 2.45) is 5.92 Å². The molecular formula is C18H24N2O4S. The standard InChI is InChI=1S/C18H24N2O4S/c1-12-3-4-14-15(11-25-16(14)9-12)18(23)24-10-17(22)20-7-5-19(6-8-20)13(2)21/h11-12H,3-10H2,1-2H3. The van der Waals surface area contributed by atoms with Crippen LogP contribution in [0.25, 0.3) is 0 Å². The summed E-state index contributed by atoms with van der Waals surface area (Å²) in [5.41, 5.74) is 1.73. The van der Waals surface area contributed by atoms with Crippen molar-refractivity contribution in [2.45, 2.75) is 33.1 Å². The van der Waals surface area contributed by atoms with Crippen LogP contribution in [0, 0.1) is 5.92 Å². The minimum absolute atomic E-state index is 0.0232. The number of esters is 1. The summed E-state index contributed by atoms with van der Waals surface area (Å²) >= 11 is 1.62. The van der Waals surface area contributed by atoms with Crippen LogP contribution < -0.4 is 0 Å². The Morgan fingerprint density at radius 3 is 2.56 bits per heavy atom. The van der Waals surface area contributed by atoms with Crippen LogP contribution in [0.4, 0.5) is 0 Å². The molecule has 136 valence electrons. The van der Waals surface area contributed by atoms with E-state index in [-0.39, 0.29) is 18.4 Å². The zero-order valence-electron chi connectivity index (χ0n) is 14.7. The summed E-state index contributed by atoms with van der Waals surface area (Å²) in [5, 5.41) is 1.86. The molecule has 7 heteroatoms. The topological polar surface area (TPSA) is 66.9 Å².